The van der Waals surface area contributed by atoms with Crippen LogP contribution in [0.3, 0.4) is 0 Å². The van der Waals surface area contributed by atoms with Crippen molar-refractivity contribution in [1.29, 1.82) is 0 Å². The third kappa shape index (κ3) is 1.42. The minimum absolute atomic E-state index is 0.0777. The lowest BCUT2D eigenvalue weighted by atomic mass is 9.99. The number of nitrogen functional groups attached to an aromatic ring is 1. The molecule has 1 aliphatic heterocycles. The first kappa shape index (κ1) is 9.30. The molecular weight excluding hydrogens is 180 g/mol. The number of rotatable bonds is 1. The highest BCUT2D eigenvalue weighted by atomic mass is 16.5. The van der Waals surface area contributed by atoms with Gasteiger partial charge in [-0.1, -0.05) is 6.07 Å². The normalized spacial score (nSPS) is 25.3. The molecule has 0 fully saturated rings. The molecule has 1 aromatic rings. The molecular formula is C10H14N2O2. The maximum absolute atomic E-state index is 6.01. The summed E-state index contributed by atoms with van der Waals surface area (Å²) in [5.41, 5.74) is 13.3. The van der Waals surface area contributed by atoms with Crippen LogP contribution in [-0.4, -0.2) is 19.8 Å². The summed E-state index contributed by atoms with van der Waals surface area (Å²) in [5.74, 6) is 0.769. The van der Waals surface area contributed by atoms with Crippen LogP contribution in [0.15, 0.2) is 18.2 Å². The summed E-state index contributed by atoms with van der Waals surface area (Å²) in [4.78, 5) is 0. The van der Waals surface area contributed by atoms with Crippen LogP contribution in [0.5, 0.6) is 5.75 Å². The predicted molar refractivity (Wildman–Crippen MR) is 54.1 cm³/mol. The Kier molecular flexibility index (Phi) is 2.31. The van der Waals surface area contributed by atoms with E-state index in [4.69, 9.17) is 20.9 Å². The number of methoxy groups -OCH3 is 1. The van der Waals surface area contributed by atoms with Crippen LogP contribution >= 0.6 is 0 Å². The smallest absolute Gasteiger partial charge is 0.126 e. The lowest BCUT2D eigenvalue weighted by Crippen LogP contribution is -2.37. The number of anilines is 1. The molecule has 0 saturated heterocycles. The van der Waals surface area contributed by atoms with E-state index in [2.05, 4.69) is 0 Å². The SMILES string of the molecule is COC1COc2cc(N)ccc2C1N. The molecule has 0 aromatic heterocycles. The maximum atomic E-state index is 6.01. The molecule has 1 aliphatic rings. The second-order valence-corrected chi connectivity index (χ2v) is 3.41. The first-order valence-electron chi connectivity index (χ1n) is 4.53. The highest BCUT2D eigenvalue weighted by Gasteiger charge is 2.27. The third-order valence-corrected chi connectivity index (χ3v) is 2.50. The third-order valence-electron chi connectivity index (χ3n) is 2.50. The summed E-state index contributed by atoms with van der Waals surface area (Å²) in [6.07, 6.45) is -0.0777. The van der Waals surface area contributed by atoms with Gasteiger partial charge in [0.25, 0.3) is 0 Å². The lowest BCUT2D eigenvalue weighted by molar-refractivity contribution is 0.0260. The Morgan fingerprint density at radius 3 is 3.00 bits per heavy atom. The van der Waals surface area contributed by atoms with E-state index in [1.165, 1.54) is 0 Å². The summed E-state index contributed by atoms with van der Waals surface area (Å²) in [6.45, 7) is 0.480. The van der Waals surface area contributed by atoms with E-state index in [1.807, 2.05) is 12.1 Å². The van der Waals surface area contributed by atoms with Gasteiger partial charge in [0.15, 0.2) is 0 Å². The van der Waals surface area contributed by atoms with Crippen molar-refractivity contribution in [2.45, 2.75) is 12.1 Å². The standard InChI is InChI=1S/C10H14N2O2/c1-13-9-5-14-8-4-6(11)2-3-7(8)10(9)12/h2-4,9-10H,5,11-12H2,1H3. The quantitative estimate of drug-likeness (QED) is 0.645. The van der Waals surface area contributed by atoms with E-state index in [0.29, 0.717) is 12.3 Å². The van der Waals surface area contributed by atoms with Gasteiger partial charge in [-0.2, -0.15) is 0 Å². The molecule has 0 aliphatic carbocycles. The van der Waals surface area contributed by atoms with E-state index in [9.17, 15) is 0 Å². The van der Waals surface area contributed by atoms with Crippen LogP contribution in [0.1, 0.15) is 11.6 Å². The molecule has 4 nitrogen and oxygen atoms in total. The fourth-order valence-corrected chi connectivity index (χ4v) is 1.64. The molecule has 14 heavy (non-hydrogen) atoms. The molecule has 4 heteroatoms. The van der Waals surface area contributed by atoms with E-state index in [-0.39, 0.29) is 12.1 Å². The molecule has 2 unspecified atom stereocenters. The summed E-state index contributed by atoms with van der Waals surface area (Å²) < 4.78 is 10.7. The van der Waals surface area contributed by atoms with Crippen molar-refractivity contribution in [1.82, 2.24) is 0 Å². The van der Waals surface area contributed by atoms with Gasteiger partial charge in [-0.3, -0.25) is 0 Å². The van der Waals surface area contributed by atoms with Gasteiger partial charge in [0, 0.05) is 24.4 Å². The topological polar surface area (TPSA) is 70.5 Å². The lowest BCUT2D eigenvalue weighted by Gasteiger charge is -2.30. The van der Waals surface area contributed by atoms with Crippen LogP contribution in [0.2, 0.25) is 0 Å². The number of nitrogens with two attached hydrogens (primary N) is 2. The fraction of sp³-hybridized carbons (Fsp3) is 0.400. The Bertz CT molecular complexity index is 341. The zero-order valence-electron chi connectivity index (χ0n) is 8.07. The summed E-state index contributed by atoms with van der Waals surface area (Å²) >= 11 is 0. The van der Waals surface area contributed by atoms with Gasteiger partial charge in [0.1, 0.15) is 18.5 Å². The largest absolute Gasteiger partial charge is 0.490 e. The second-order valence-electron chi connectivity index (χ2n) is 3.41. The Morgan fingerprint density at radius 2 is 2.29 bits per heavy atom. The van der Waals surface area contributed by atoms with Crippen molar-refractivity contribution < 1.29 is 9.47 Å². The number of hydrogen-bond donors (Lipinski definition) is 2. The van der Waals surface area contributed by atoms with E-state index in [1.54, 1.807) is 13.2 Å². The average Bonchev–Trinajstić information content (AvgIpc) is 2.18. The van der Waals surface area contributed by atoms with Gasteiger partial charge in [-0.15, -0.1) is 0 Å². The summed E-state index contributed by atoms with van der Waals surface area (Å²) in [7, 11) is 1.64. The van der Waals surface area contributed by atoms with Crippen molar-refractivity contribution in [2.24, 2.45) is 5.73 Å². The Balaban J connectivity index is 2.36. The van der Waals surface area contributed by atoms with Gasteiger partial charge in [0.2, 0.25) is 0 Å². The maximum Gasteiger partial charge on any atom is 0.126 e. The number of fused-ring (bicyclic) bond motifs is 1. The Morgan fingerprint density at radius 1 is 1.50 bits per heavy atom. The minimum Gasteiger partial charge on any atom is -0.490 e. The van der Waals surface area contributed by atoms with Gasteiger partial charge in [0.05, 0.1) is 6.04 Å². The second kappa shape index (κ2) is 3.48. The Labute approximate surface area is 82.8 Å². The molecule has 76 valence electrons. The molecule has 1 heterocycles. The fourth-order valence-electron chi connectivity index (χ4n) is 1.64. The van der Waals surface area contributed by atoms with Crippen molar-refractivity contribution in [3.63, 3.8) is 0 Å². The van der Waals surface area contributed by atoms with Gasteiger partial charge >= 0.3 is 0 Å². The molecule has 0 saturated carbocycles. The van der Waals surface area contributed by atoms with Gasteiger partial charge in [-0.25, -0.2) is 0 Å². The van der Waals surface area contributed by atoms with Gasteiger partial charge < -0.3 is 20.9 Å². The zero-order chi connectivity index (χ0) is 10.1. The number of ether oxygens (including phenoxy) is 2. The predicted octanol–water partition coefficient (Wildman–Crippen LogP) is 0.676. The molecule has 1 aromatic carbocycles. The van der Waals surface area contributed by atoms with Crippen molar-refractivity contribution in [3.8, 4) is 5.75 Å². The van der Waals surface area contributed by atoms with Crippen LogP contribution < -0.4 is 16.2 Å². The van der Waals surface area contributed by atoms with E-state index >= 15 is 0 Å². The molecule has 0 amide bonds. The minimum atomic E-state index is -0.135. The number of benzene rings is 1. The average molecular weight is 194 g/mol. The van der Waals surface area contributed by atoms with Crippen molar-refractivity contribution >= 4 is 5.69 Å². The highest BCUT2D eigenvalue weighted by Crippen LogP contribution is 2.32. The first-order chi connectivity index (χ1) is 6.72. The van der Waals surface area contributed by atoms with Gasteiger partial charge in [-0.05, 0) is 6.07 Å². The molecule has 0 bridgehead atoms. The van der Waals surface area contributed by atoms with E-state index < -0.39 is 0 Å². The van der Waals surface area contributed by atoms with Crippen LogP contribution in [0.25, 0.3) is 0 Å². The zero-order valence-corrected chi connectivity index (χ0v) is 8.07. The monoisotopic (exact) mass is 194 g/mol. The molecule has 0 spiro atoms. The van der Waals surface area contributed by atoms with Crippen LogP contribution in [0, 0.1) is 0 Å². The summed E-state index contributed by atoms with van der Waals surface area (Å²) in [5, 5.41) is 0. The number of hydrogen-bond acceptors (Lipinski definition) is 4. The van der Waals surface area contributed by atoms with Crippen LogP contribution in [-0.2, 0) is 4.74 Å². The molecule has 2 rings (SSSR count). The van der Waals surface area contributed by atoms with E-state index in [0.717, 1.165) is 11.3 Å². The molecule has 0 radical (unpaired) electrons. The highest BCUT2D eigenvalue weighted by molar-refractivity contribution is 5.50. The van der Waals surface area contributed by atoms with Crippen molar-refractivity contribution in [3.05, 3.63) is 23.8 Å². The first-order valence-corrected chi connectivity index (χ1v) is 4.53. The molecule has 2 atom stereocenters. The van der Waals surface area contributed by atoms with Crippen LogP contribution in [0.4, 0.5) is 5.69 Å². The summed E-state index contributed by atoms with van der Waals surface area (Å²) in [6, 6.07) is 5.37. The van der Waals surface area contributed by atoms with Crippen molar-refractivity contribution in [2.75, 3.05) is 19.5 Å². The molecule has 4 N–H and O–H groups in total. The Hall–Kier alpha value is -1.26.